The standard InChI is InChI=1S/C26H29ClN2O5S/c1-18(2)34-24-13-10-20(15-25(24)33-4)16-28-26(30)17-29(23-12-11-21(27)14-19(23)3)35(31,32)22-8-6-5-7-9-22/h5-15,18H,16-17H2,1-4H3,(H,28,30). The van der Waals surface area contributed by atoms with Crippen molar-refractivity contribution in [3.63, 3.8) is 0 Å². The molecule has 3 rings (SSSR count). The molecule has 0 heterocycles. The Morgan fingerprint density at radius 2 is 1.74 bits per heavy atom. The third kappa shape index (κ3) is 6.68. The van der Waals surface area contributed by atoms with Crippen molar-refractivity contribution >= 4 is 33.2 Å². The molecular formula is C26H29ClN2O5S. The van der Waals surface area contributed by atoms with Gasteiger partial charge in [0, 0.05) is 11.6 Å². The number of hydrogen-bond donors (Lipinski definition) is 1. The topological polar surface area (TPSA) is 84.9 Å². The molecule has 1 amide bonds. The average Bonchev–Trinajstić information content (AvgIpc) is 2.82. The molecule has 0 aliphatic carbocycles. The van der Waals surface area contributed by atoms with E-state index >= 15 is 0 Å². The number of amides is 1. The van der Waals surface area contributed by atoms with Gasteiger partial charge in [-0.25, -0.2) is 8.42 Å². The van der Waals surface area contributed by atoms with E-state index in [0.717, 1.165) is 9.87 Å². The van der Waals surface area contributed by atoms with Crippen LogP contribution in [-0.4, -0.2) is 34.1 Å². The van der Waals surface area contributed by atoms with Crippen LogP contribution in [0.2, 0.25) is 5.02 Å². The van der Waals surface area contributed by atoms with Gasteiger partial charge in [-0.05, 0) is 74.4 Å². The molecule has 1 N–H and O–H groups in total. The van der Waals surface area contributed by atoms with Crippen LogP contribution in [0.25, 0.3) is 0 Å². The first kappa shape index (κ1) is 26.4. The van der Waals surface area contributed by atoms with Crippen molar-refractivity contribution in [3.05, 3.63) is 82.9 Å². The van der Waals surface area contributed by atoms with Crippen LogP contribution in [-0.2, 0) is 21.4 Å². The molecule has 0 aliphatic heterocycles. The number of methoxy groups -OCH3 is 1. The molecule has 3 aromatic carbocycles. The Balaban J connectivity index is 1.82. The van der Waals surface area contributed by atoms with E-state index in [1.807, 2.05) is 19.9 Å². The average molecular weight is 517 g/mol. The molecule has 35 heavy (non-hydrogen) atoms. The number of nitrogens with zero attached hydrogens (tertiary/aromatic N) is 1. The lowest BCUT2D eigenvalue weighted by Crippen LogP contribution is -2.41. The van der Waals surface area contributed by atoms with Crippen LogP contribution in [0.1, 0.15) is 25.0 Å². The number of rotatable bonds is 10. The molecule has 0 saturated carbocycles. The second kappa shape index (κ2) is 11.5. The SMILES string of the molecule is COc1cc(CNC(=O)CN(c2ccc(Cl)cc2C)S(=O)(=O)c2ccccc2)ccc1OC(C)C. The van der Waals surface area contributed by atoms with Crippen molar-refractivity contribution in [1.29, 1.82) is 0 Å². The Labute approximate surface area is 211 Å². The van der Waals surface area contributed by atoms with Gasteiger partial charge < -0.3 is 14.8 Å². The lowest BCUT2D eigenvalue weighted by molar-refractivity contribution is -0.119. The molecule has 3 aromatic rings. The van der Waals surface area contributed by atoms with E-state index in [1.54, 1.807) is 62.6 Å². The van der Waals surface area contributed by atoms with Gasteiger partial charge in [-0.15, -0.1) is 0 Å². The molecule has 7 nitrogen and oxygen atoms in total. The number of aryl methyl sites for hydroxylation is 1. The van der Waals surface area contributed by atoms with Crippen molar-refractivity contribution in [1.82, 2.24) is 5.32 Å². The molecule has 0 fully saturated rings. The lowest BCUT2D eigenvalue weighted by Gasteiger charge is -2.25. The Morgan fingerprint density at radius 1 is 1.03 bits per heavy atom. The number of sulfonamides is 1. The molecule has 0 saturated heterocycles. The second-order valence-electron chi connectivity index (χ2n) is 8.18. The number of anilines is 1. The number of nitrogens with one attached hydrogen (secondary N) is 1. The molecule has 0 atom stereocenters. The van der Waals surface area contributed by atoms with Crippen LogP contribution >= 0.6 is 11.6 Å². The first-order chi connectivity index (χ1) is 16.6. The van der Waals surface area contributed by atoms with Gasteiger partial charge in [0.2, 0.25) is 5.91 Å². The van der Waals surface area contributed by atoms with Crippen LogP contribution in [0.5, 0.6) is 11.5 Å². The minimum absolute atomic E-state index is 0.0108. The molecule has 0 aliphatic rings. The number of ether oxygens (including phenoxy) is 2. The number of hydrogen-bond acceptors (Lipinski definition) is 5. The van der Waals surface area contributed by atoms with Crippen molar-refractivity contribution in [2.24, 2.45) is 0 Å². The predicted molar refractivity (Wildman–Crippen MR) is 138 cm³/mol. The maximum atomic E-state index is 13.5. The first-order valence-electron chi connectivity index (χ1n) is 11.1. The lowest BCUT2D eigenvalue weighted by atomic mass is 10.2. The van der Waals surface area contributed by atoms with E-state index in [1.165, 1.54) is 12.1 Å². The summed E-state index contributed by atoms with van der Waals surface area (Å²) in [6, 6.07) is 18.2. The fourth-order valence-corrected chi connectivity index (χ4v) is 5.21. The smallest absolute Gasteiger partial charge is 0.264 e. The number of halogens is 1. The van der Waals surface area contributed by atoms with E-state index < -0.39 is 22.5 Å². The summed E-state index contributed by atoms with van der Waals surface area (Å²) in [7, 11) is -2.46. The van der Waals surface area contributed by atoms with Crippen molar-refractivity contribution < 1.29 is 22.7 Å². The van der Waals surface area contributed by atoms with Gasteiger partial charge in [0.15, 0.2) is 11.5 Å². The van der Waals surface area contributed by atoms with Crippen molar-refractivity contribution in [2.45, 2.75) is 38.3 Å². The Bertz CT molecular complexity index is 1280. The Hall–Kier alpha value is -3.23. The highest BCUT2D eigenvalue weighted by molar-refractivity contribution is 7.92. The highest BCUT2D eigenvalue weighted by atomic mass is 35.5. The molecule has 0 bridgehead atoms. The van der Waals surface area contributed by atoms with Crippen LogP contribution in [0, 0.1) is 6.92 Å². The third-order valence-corrected chi connectivity index (χ3v) is 7.14. The maximum Gasteiger partial charge on any atom is 0.264 e. The summed E-state index contributed by atoms with van der Waals surface area (Å²) in [6.07, 6.45) is -0.0108. The largest absolute Gasteiger partial charge is 0.493 e. The fourth-order valence-electron chi connectivity index (χ4n) is 3.48. The van der Waals surface area contributed by atoms with Crippen LogP contribution in [0.4, 0.5) is 5.69 Å². The fraction of sp³-hybridized carbons (Fsp3) is 0.269. The minimum Gasteiger partial charge on any atom is -0.493 e. The second-order valence-corrected chi connectivity index (χ2v) is 10.5. The van der Waals surface area contributed by atoms with Gasteiger partial charge in [0.25, 0.3) is 10.0 Å². The van der Waals surface area contributed by atoms with Gasteiger partial charge in [-0.2, -0.15) is 0 Å². The monoisotopic (exact) mass is 516 g/mol. The van der Waals surface area contributed by atoms with Crippen LogP contribution in [0.15, 0.2) is 71.6 Å². The zero-order chi connectivity index (χ0) is 25.6. The number of carbonyl (C=O) groups is 1. The van der Waals surface area contributed by atoms with Gasteiger partial charge in [0.05, 0.1) is 23.8 Å². The number of benzene rings is 3. The zero-order valence-electron chi connectivity index (χ0n) is 20.1. The Morgan fingerprint density at radius 3 is 2.37 bits per heavy atom. The van der Waals surface area contributed by atoms with E-state index in [2.05, 4.69) is 5.32 Å². The van der Waals surface area contributed by atoms with Gasteiger partial charge in [-0.3, -0.25) is 9.10 Å². The van der Waals surface area contributed by atoms with Gasteiger partial charge >= 0.3 is 0 Å². The first-order valence-corrected chi connectivity index (χ1v) is 12.9. The summed E-state index contributed by atoms with van der Waals surface area (Å²) in [5.74, 6) is 0.701. The van der Waals surface area contributed by atoms with Gasteiger partial charge in [-0.1, -0.05) is 35.9 Å². The highest BCUT2D eigenvalue weighted by Gasteiger charge is 2.28. The summed E-state index contributed by atoms with van der Waals surface area (Å²) in [4.78, 5) is 13.0. The molecular weight excluding hydrogens is 488 g/mol. The minimum atomic E-state index is -4.00. The highest BCUT2D eigenvalue weighted by Crippen LogP contribution is 2.30. The van der Waals surface area contributed by atoms with Crippen LogP contribution < -0.4 is 19.1 Å². The quantitative estimate of drug-likeness (QED) is 0.412. The summed E-state index contributed by atoms with van der Waals surface area (Å²) in [6.45, 7) is 5.39. The molecule has 0 unspecified atom stereocenters. The zero-order valence-corrected chi connectivity index (χ0v) is 21.7. The van der Waals surface area contributed by atoms with Crippen molar-refractivity contribution in [2.75, 3.05) is 18.0 Å². The summed E-state index contributed by atoms with van der Waals surface area (Å²) >= 11 is 6.07. The molecule has 0 aromatic heterocycles. The molecule has 0 spiro atoms. The van der Waals surface area contributed by atoms with Crippen LogP contribution in [0.3, 0.4) is 0 Å². The van der Waals surface area contributed by atoms with E-state index in [-0.39, 0.29) is 17.5 Å². The van der Waals surface area contributed by atoms with E-state index in [9.17, 15) is 13.2 Å². The van der Waals surface area contributed by atoms with Crippen molar-refractivity contribution in [3.8, 4) is 11.5 Å². The summed E-state index contributed by atoms with van der Waals surface area (Å²) < 4.78 is 39.2. The summed E-state index contributed by atoms with van der Waals surface area (Å²) in [5, 5.41) is 3.28. The summed E-state index contributed by atoms with van der Waals surface area (Å²) in [5.41, 5.74) is 1.80. The molecule has 0 radical (unpaired) electrons. The third-order valence-electron chi connectivity index (χ3n) is 5.13. The molecule has 186 valence electrons. The maximum absolute atomic E-state index is 13.5. The van der Waals surface area contributed by atoms with Gasteiger partial charge in [0.1, 0.15) is 6.54 Å². The van der Waals surface area contributed by atoms with E-state index in [0.29, 0.717) is 27.8 Å². The number of carbonyl (C=O) groups excluding carboxylic acids is 1. The molecule has 9 heteroatoms. The predicted octanol–water partition coefficient (Wildman–Crippen LogP) is 4.96. The van der Waals surface area contributed by atoms with E-state index in [4.69, 9.17) is 21.1 Å². The Kier molecular flexibility index (Phi) is 8.64. The normalized spacial score (nSPS) is 11.3.